The van der Waals surface area contributed by atoms with Crippen LogP contribution >= 0.6 is 7.94 Å². The van der Waals surface area contributed by atoms with Gasteiger partial charge < -0.3 is 19.7 Å². The van der Waals surface area contributed by atoms with E-state index in [9.17, 15) is 19.6 Å². The Hall–Kier alpha value is -2.50. The van der Waals surface area contributed by atoms with Gasteiger partial charge in [0.05, 0.1) is 12.5 Å². The normalized spacial score (nSPS) is 13.9. The molecule has 156 valence electrons. The second-order valence-corrected chi connectivity index (χ2v) is 8.58. The van der Waals surface area contributed by atoms with Crippen molar-refractivity contribution in [2.24, 2.45) is 10.7 Å². The number of carboxylic acids is 1. The van der Waals surface area contributed by atoms with Gasteiger partial charge in [-0.05, 0) is 29.5 Å². The van der Waals surface area contributed by atoms with E-state index < -0.39 is 31.9 Å². The maximum absolute atomic E-state index is 12.6. The monoisotopic (exact) mass is 418 g/mol. The van der Waals surface area contributed by atoms with Gasteiger partial charge in [0.15, 0.2) is 14.0 Å². The highest BCUT2D eigenvalue weighted by Gasteiger charge is 2.29. The summed E-state index contributed by atoms with van der Waals surface area (Å²) in [7, 11) is -1.84. The molecule has 0 bridgehead atoms. The van der Waals surface area contributed by atoms with Gasteiger partial charge in [0.25, 0.3) is 0 Å². The van der Waals surface area contributed by atoms with Crippen LogP contribution in [0, 0.1) is 5.92 Å². The van der Waals surface area contributed by atoms with E-state index in [1.165, 1.54) is 0 Å². The molecule has 2 N–H and O–H groups in total. The molecule has 7 nitrogen and oxygen atoms in total. The maximum atomic E-state index is 12.6. The molecule has 0 radical (unpaired) electrons. The first kappa shape index (κ1) is 22.8. The van der Waals surface area contributed by atoms with Crippen molar-refractivity contribution in [1.29, 1.82) is 0 Å². The molecule has 0 aliphatic rings. The minimum absolute atomic E-state index is 0.138. The summed E-state index contributed by atoms with van der Waals surface area (Å²) in [4.78, 5) is 36.3. The fourth-order valence-corrected chi connectivity index (χ4v) is 3.98. The van der Waals surface area contributed by atoms with Crippen molar-refractivity contribution in [3.8, 4) is 11.1 Å². The van der Waals surface area contributed by atoms with E-state index in [2.05, 4.69) is 10.1 Å². The number of hydrogen-bond donors (Lipinski definition) is 2. The molecule has 0 spiro atoms. The van der Waals surface area contributed by atoms with Crippen LogP contribution in [0.4, 0.5) is 0 Å². The Morgan fingerprint density at radius 3 is 2.41 bits per heavy atom. The SMILES string of the molecule is CCC[P+]([O-])=N[C@H](C(=O)N[C@@H](Cc1ccc(-c2ccoc2)cc1)C(=O)O)C(C)C. The number of furan rings is 1. The van der Waals surface area contributed by atoms with Crippen LogP contribution < -0.4 is 10.2 Å². The number of aliphatic carboxylic acids is 1. The van der Waals surface area contributed by atoms with E-state index in [4.69, 9.17) is 4.42 Å². The molecule has 0 saturated carbocycles. The molecular weight excluding hydrogens is 391 g/mol. The van der Waals surface area contributed by atoms with E-state index in [1.807, 2.05) is 37.3 Å². The predicted molar refractivity (Wildman–Crippen MR) is 111 cm³/mol. The molecule has 1 amide bonds. The van der Waals surface area contributed by atoms with Crippen molar-refractivity contribution in [3.63, 3.8) is 0 Å². The highest BCUT2D eigenvalue weighted by molar-refractivity contribution is 7.39. The number of amides is 1. The number of benzene rings is 1. The predicted octanol–water partition coefficient (Wildman–Crippen LogP) is 3.43. The zero-order valence-corrected chi connectivity index (χ0v) is 17.8. The van der Waals surface area contributed by atoms with Crippen molar-refractivity contribution in [1.82, 2.24) is 5.32 Å². The van der Waals surface area contributed by atoms with Crippen molar-refractivity contribution in [2.75, 3.05) is 6.16 Å². The second kappa shape index (κ2) is 10.9. The minimum atomic E-state index is -1.84. The summed E-state index contributed by atoms with van der Waals surface area (Å²) in [6.45, 7) is 5.49. The van der Waals surface area contributed by atoms with E-state index in [-0.39, 0.29) is 12.3 Å². The molecule has 2 rings (SSSR count). The second-order valence-electron chi connectivity index (χ2n) is 7.19. The Balaban J connectivity index is 2.09. The molecule has 0 fully saturated rings. The molecule has 8 heteroatoms. The van der Waals surface area contributed by atoms with Crippen LogP contribution in [0.15, 0.2) is 52.0 Å². The Bertz CT molecular complexity index is 831. The molecule has 1 aromatic heterocycles. The van der Waals surface area contributed by atoms with Crippen molar-refractivity contribution >= 4 is 19.8 Å². The third-order valence-electron chi connectivity index (χ3n) is 4.43. The minimum Gasteiger partial charge on any atom is -0.612 e. The van der Waals surface area contributed by atoms with E-state index in [0.717, 1.165) is 16.7 Å². The zero-order valence-electron chi connectivity index (χ0n) is 16.9. The van der Waals surface area contributed by atoms with Gasteiger partial charge in [0.2, 0.25) is 5.91 Å². The fourth-order valence-electron chi connectivity index (χ4n) is 2.83. The van der Waals surface area contributed by atoms with Crippen LogP contribution in [-0.4, -0.2) is 35.2 Å². The topological polar surface area (TPSA) is 115 Å². The summed E-state index contributed by atoms with van der Waals surface area (Å²) in [5.41, 5.74) is 2.67. The highest BCUT2D eigenvalue weighted by Crippen LogP contribution is 2.22. The molecule has 0 aliphatic carbocycles. The number of carboxylic acid groups (broad SMARTS) is 1. The number of nitrogens with zero attached hydrogens (tertiary/aromatic N) is 1. The largest absolute Gasteiger partial charge is 0.612 e. The molecule has 1 aromatic carbocycles. The Labute approximate surface area is 171 Å². The van der Waals surface area contributed by atoms with Crippen LogP contribution in [0.1, 0.15) is 32.8 Å². The van der Waals surface area contributed by atoms with Crippen molar-refractivity contribution in [3.05, 3.63) is 48.4 Å². The van der Waals surface area contributed by atoms with Gasteiger partial charge in [-0.25, -0.2) is 4.79 Å². The molecule has 1 heterocycles. The number of carbonyl (C=O) groups excluding carboxylic acids is 1. The van der Waals surface area contributed by atoms with Crippen molar-refractivity contribution < 1.29 is 24.0 Å². The number of hydrogen-bond acceptors (Lipinski definition) is 5. The van der Waals surface area contributed by atoms with Gasteiger partial charge in [0, 0.05) is 12.0 Å². The number of rotatable bonds is 10. The smallest absolute Gasteiger partial charge is 0.326 e. The average Bonchev–Trinajstić information content (AvgIpc) is 3.20. The molecule has 29 heavy (non-hydrogen) atoms. The molecule has 2 aromatic rings. The van der Waals surface area contributed by atoms with Gasteiger partial charge in [-0.15, -0.1) is 4.74 Å². The molecular formula is C21H27N2O5P. The van der Waals surface area contributed by atoms with E-state index in [1.54, 1.807) is 26.4 Å². The van der Waals surface area contributed by atoms with Gasteiger partial charge in [-0.2, -0.15) is 0 Å². The third-order valence-corrected chi connectivity index (χ3v) is 5.77. The number of nitrogens with one attached hydrogen (secondary N) is 1. The molecule has 0 aliphatic heterocycles. The molecule has 0 saturated heterocycles. The lowest BCUT2D eigenvalue weighted by Crippen LogP contribution is -2.47. The van der Waals surface area contributed by atoms with Crippen LogP contribution in [-0.2, 0) is 16.0 Å². The van der Waals surface area contributed by atoms with Gasteiger partial charge in [0.1, 0.15) is 12.2 Å². The van der Waals surface area contributed by atoms with Crippen LogP contribution in [0.3, 0.4) is 0 Å². The van der Waals surface area contributed by atoms with Crippen LogP contribution in [0.2, 0.25) is 0 Å². The molecule has 3 atom stereocenters. The first-order chi connectivity index (χ1) is 13.8. The quantitative estimate of drug-likeness (QED) is 0.574. The lowest BCUT2D eigenvalue weighted by Gasteiger charge is -2.19. The zero-order chi connectivity index (χ0) is 21.4. The lowest BCUT2D eigenvalue weighted by atomic mass is 10.0. The summed E-state index contributed by atoms with van der Waals surface area (Å²) in [6, 6.07) is 7.32. The average molecular weight is 418 g/mol. The van der Waals surface area contributed by atoms with Crippen LogP contribution in [0.5, 0.6) is 0 Å². The number of carbonyl (C=O) groups is 2. The standard InChI is InChI=1S/C21H27N2O5P/c1-4-11-29(27)23-19(14(2)3)20(24)22-18(21(25)26)12-15-5-7-16(8-6-15)17-9-10-28-13-17/h5-10,13-14,18-19H,4,11-12H2,1-3H3,(H,22,24)(H,25,26)/t18-,19-/m0/s1. The molecule has 1 unspecified atom stereocenters. The first-order valence-corrected chi connectivity index (χ1v) is 11.0. The third kappa shape index (κ3) is 6.80. The lowest BCUT2D eigenvalue weighted by molar-refractivity contribution is -0.156. The van der Waals surface area contributed by atoms with Gasteiger partial charge in [-0.1, -0.05) is 45.0 Å². The first-order valence-electron chi connectivity index (χ1n) is 9.62. The highest BCUT2D eigenvalue weighted by atomic mass is 31.1. The van der Waals surface area contributed by atoms with Gasteiger partial charge >= 0.3 is 5.97 Å². The fraction of sp³-hybridized carbons (Fsp3) is 0.429. The van der Waals surface area contributed by atoms with Crippen molar-refractivity contribution in [2.45, 2.75) is 45.7 Å². The summed E-state index contributed by atoms with van der Waals surface area (Å²) < 4.78 is 9.19. The summed E-state index contributed by atoms with van der Waals surface area (Å²) in [5, 5.41) is 12.1. The van der Waals surface area contributed by atoms with Gasteiger partial charge in [-0.3, -0.25) is 4.79 Å². The Morgan fingerprint density at radius 2 is 1.90 bits per heavy atom. The van der Waals surface area contributed by atoms with E-state index >= 15 is 0 Å². The maximum Gasteiger partial charge on any atom is 0.326 e. The summed E-state index contributed by atoms with van der Waals surface area (Å²) in [5.74, 6) is -1.82. The Kier molecular flexibility index (Phi) is 8.55. The van der Waals surface area contributed by atoms with E-state index in [0.29, 0.717) is 12.6 Å². The summed E-state index contributed by atoms with van der Waals surface area (Å²) in [6.07, 6.45) is 4.48. The Morgan fingerprint density at radius 1 is 1.21 bits per heavy atom. The summed E-state index contributed by atoms with van der Waals surface area (Å²) >= 11 is 0. The van der Waals surface area contributed by atoms with Crippen LogP contribution in [0.25, 0.3) is 11.1 Å².